The van der Waals surface area contributed by atoms with Gasteiger partial charge in [-0.2, -0.15) is 0 Å². The molecule has 0 unspecified atom stereocenters. The fraction of sp³-hybridized carbons (Fsp3) is 0. The van der Waals surface area contributed by atoms with Gasteiger partial charge < -0.3 is 5.73 Å². The van der Waals surface area contributed by atoms with E-state index in [1.165, 1.54) is 12.1 Å². The van der Waals surface area contributed by atoms with Gasteiger partial charge in [0.1, 0.15) is 11.6 Å². The lowest BCUT2D eigenvalue weighted by Crippen LogP contribution is -2.14. The minimum absolute atomic E-state index is 0.146. The van der Waals surface area contributed by atoms with Crippen LogP contribution in [0.5, 0.6) is 0 Å². The van der Waals surface area contributed by atoms with Crippen molar-refractivity contribution in [3.05, 3.63) is 54.1 Å². The largest absolute Gasteiger partial charge is 0.397 e. The van der Waals surface area contributed by atoms with Gasteiger partial charge in [-0.15, -0.1) is 0 Å². The zero-order valence-corrected chi connectivity index (χ0v) is 10.4. The number of rotatable bonds is 3. The molecule has 0 amide bonds. The highest BCUT2D eigenvalue weighted by Crippen LogP contribution is 2.22. The molecule has 0 aliphatic carbocycles. The molecule has 0 aromatic heterocycles. The van der Waals surface area contributed by atoms with Gasteiger partial charge in [0.15, 0.2) is 0 Å². The molecule has 2 rings (SSSR count). The van der Waals surface area contributed by atoms with Crippen molar-refractivity contribution in [2.75, 3.05) is 10.5 Å². The van der Waals surface area contributed by atoms with E-state index in [0.717, 1.165) is 12.1 Å². The summed E-state index contributed by atoms with van der Waals surface area (Å²) in [5, 5.41) is 0. The molecule has 0 radical (unpaired) electrons. The maximum atomic E-state index is 13.0. The zero-order valence-electron chi connectivity index (χ0n) is 9.60. The molecule has 0 saturated heterocycles. The third kappa shape index (κ3) is 3.00. The molecule has 0 bridgehead atoms. The Morgan fingerprint density at radius 3 is 2.16 bits per heavy atom. The summed E-state index contributed by atoms with van der Waals surface area (Å²) >= 11 is 0. The van der Waals surface area contributed by atoms with Gasteiger partial charge in [-0.25, -0.2) is 17.2 Å². The molecule has 19 heavy (non-hydrogen) atoms. The first-order valence-electron chi connectivity index (χ1n) is 5.22. The van der Waals surface area contributed by atoms with Crippen LogP contribution in [0.25, 0.3) is 0 Å². The number of anilines is 2. The molecule has 0 fully saturated rings. The van der Waals surface area contributed by atoms with Crippen LogP contribution in [0.1, 0.15) is 0 Å². The van der Waals surface area contributed by atoms with Crippen LogP contribution in [0, 0.1) is 11.6 Å². The summed E-state index contributed by atoms with van der Waals surface area (Å²) in [6.45, 7) is 0. The lowest BCUT2D eigenvalue weighted by Gasteiger charge is -2.10. The fourth-order valence-electron chi connectivity index (χ4n) is 1.48. The van der Waals surface area contributed by atoms with Crippen molar-refractivity contribution in [2.24, 2.45) is 0 Å². The predicted molar refractivity (Wildman–Crippen MR) is 68.0 cm³/mol. The van der Waals surface area contributed by atoms with Gasteiger partial charge in [-0.05, 0) is 24.3 Å². The summed E-state index contributed by atoms with van der Waals surface area (Å²) in [7, 11) is -4.09. The molecule has 0 aliphatic rings. The molecule has 2 aromatic carbocycles. The molecule has 0 saturated carbocycles. The number of benzene rings is 2. The standard InChI is InChI=1S/C12H10F2N2O2S/c13-8-5-9(14)7-10(6-8)19(17,18)16-12-4-2-1-3-11(12)15/h1-7,16H,15H2. The molecule has 0 atom stereocenters. The molecule has 7 heteroatoms. The number of nitrogen functional groups attached to an aromatic ring is 1. The van der Waals surface area contributed by atoms with Crippen LogP contribution in [0.2, 0.25) is 0 Å². The Morgan fingerprint density at radius 2 is 1.58 bits per heavy atom. The highest BCUT2D eigenvalue weighted by Gasteiger charge is 2.17. The molecule has 3 N–H and O–H groups in total. The van der Waals surface area contributed by atoms with Gasteiger partial charge in [0, 0.05) is 6.07 Å². The minimum Gasteiger partial charge on any atom is -0.397 e. The topological polar surface area (TPSA) is 72.2 Å². The van der Waals surface area contributed by atoms with Crippen LogP contribution in [0.3, 0.4) is 0 Å². The maximum Gasteiger partial charge on any atom is 0.262 e. The maximum absolute atomic E-state index is 13.0. The Hall–Kier alpha value is -2.15. The SMILES string of the molecule is Nc1ccccc1NS(=O)(=O)c1cc(F)cc(F)c1. The Morgan fingerprint density at radius 1 is 1.00 bits per heavy atom. The van der Waals surface area contributed by atoms with Crippen LogP contribution in [0.4, 0.5) is 20.2 Å². The average molecular weight is 284 g/mol. The molecule has 100 valence electrons. The van der Waals surface area contributed by atoms with Gasteiger partial charge in [0.05, 0.1) is 16.3 Å². The highest BCUT2D eigenvalue weighted by molar-refractivity contribution is 7.92. The van der Waals surface area contributed by atoms with Gasteiger partial charge in [0.2, 0.25) is 0 Å². The number of hydrogen-bond donors (Lipinski definition) is 2. The molecular weight excluding hydrogens is 274 g/mol. The summed E-state index contributed by atoms with van der Waals surface area (Å²) < 4.78 is 52.1. The van der Waals surface area contributed by atoms with Crippen molar-refractivity contribution < 1.29 is 17.2 Å². The van der Waals surface area contributed by atoms with Crippen LogP contribution in [-0.4, -0.2) is 8.42 Å². The number of hydrogen-bond acceptors (Lipinski definition) is 3. The molecule has 0 aliphatic heterocycles. The quantitative estimate of drug-likeness (QED) is 0.850. The van der Waals surface area contributed by atoms with Crippen molar-refractivity contribution >= 4 is 21.4 Å². The summed E-state index contributed by atoms with van der Waals surface area (Å²) in [4.78, 5) is -0.506. The normalized spacial score (nSPS) is 11.3. The van der Waals surface area contributed by atoms with E-state index in [4.69, 9.17) is 5.73 Å². The average Bonchev–Trinajstić information content (AvgIpc) is 2.31. The van der Waals surface area contributed by atoms with Crippen molar-refractivity contribution in [2.45, 2.75) is 4.90 Å². The Kier molecular flexibility index (Phi) is 3.39. The minimum atomic E-state index is -4.09. The predicted octanol–water partition coefficient (Wildman–Crippen LogP) is 2.35. The first-order valence-corrected chi connectivity index (χ1v) is 6.70. The van der Waals surface area contributed by atoms with Crippen LogP contribution in [0.15, 0.2) is 47.4 Å². The summed E-state index contributed by atoms with van der Waals surface area (Å²) in [5.74, 6) is -1.94. The smallest absolute Gasteiger partial charge is 0.262 e. The summed E-state index contributed by atoms with van der Waals surface area (Å²) in [5.41, 5.74) is 5.95. The number of nitrogens with two attached hydrogens (primary N) is 1. The second-order valence-corrected chi connectivity index (χ2v) is 5.48. The van der Waals surface area contributed by atoms with E-state index in [0.29, 0.717) is 6.07 Å². The molecule has 0 heterocycles. The number of sulfonamides is 1. The first-order chi connectivity index (χ1) is 8.88. The monoisotopic (exact) mass is 284 g/mol. The Bertz CT molecular complexity index is 697. The van der Waals surface area contributed by atoms with Crippen molar-refractivity contribution in [3.63, 3.8) is 0 Å². The Balaban J connectivity index is 2.41. The lowest BCUT2D eigenvalue weighted by atomic mass is 10.3. The zero-order chi connectivity index (χ0) is 14.0. The fourth-order valence-corrected chi connectivity index (χ4v) is 2.61. The summed E-state index contributed by atoms with van der Waals surface area (Å²) in [6.07, 6.45) is 0. The van der Waals surface area contributed by atoms with E-state index in [2.05, 4.69) is 4.72 Å². The number of halogens is 2. The van der Waals surface area contributed by atoms with E-state index in [-0.39, 0.29) is 11.4 Å². The van der Waals surface area contributed by atoms with Crippen molar-refractivity contribution in [1.82, 2.24) is 0 Å². The van der Waals surface area contributed by atoms with Gasteiger partial charge >= 0.3 is 0 Å². The van der Waals surface area contributed by atoms with Crippen molar-refractivity contribution in [3.8, 4) is 0 Å². The van der Waals surface area contributed by atoms with E-state index in [1.54, 1.807) is 12.1 Å². The number of nitrogens with one attached hydrogen (secondary N) is 1. The molecule has 0 spiro atoms. The number of para-hydroxylation sites is 2. The van der Waals surface area contributed by atoms with E-state index in [1.807, 2.05) is 0 Å². The summed E-state index contributed by atoms with van der Waals surface area (Å²) in [6, 6.07) is 8.22. The second-order valence-electron chi connectivity index (χ2n) is 3.80. The molecular formula is C12H10F2N2O2S. The second kappa shape index (κ2) is 4.85. The molecule has 4 nitrogen and oxygen atoms in total. The first kappa shape index (κ1) is 13.3. The van der Waals surface area contributed by atoms with Gasteiger partial charge in [-0.3, -0.25) is 4.72 Å². The van der Waals surface area contributed by atoms with E-state index < -0.39 is 26.6 Å². The third-order valence-electron chi connectivity index (χ3n) is 2.35. The van der Waals surface area contributed by atoms with Gasteiger partial charge in [0.25, 0.3) is 10.0 Å². The third-order valence-corrected chi connectivity index (χ3v) is 3.70. The van der Waals surface area contributed by atoms with Gasteiger partial charge in [-0.1, -0.05) is 12.1 Å². The lowest BCUT2D eigenvalue weighted by molar-refractivity contribution is 0.568. The van der Waals surface area contributed by atoms with Crippen LogP contribution in [-0.2, 0) is 10.0 Å². The van der Waals surface area contributed by atoms with Crippen molar-refractivity contribution in [1.29, 1.82) is 0 Å². The van der Waals surface area contributed by atoms with Crippen LogP contribution >= 0.6 is 0 Å². The van der Waals surface area contributed by atoms with E-state index >= 15 is 0 Å². The Labute approximate surface area is 108 Å². The van der Waals surface area contributed by atoms with Crippen LogP contribution < -0.4 is 10.5 Å². The highest BCUT2D eigenvalue weighted by atomic mass is 32.2. The van der Waals surface area contributed by atoms with E-state index in [9.17, 15) is 17.2 Å². The molecule has 2 aromatic rings.